The minimum absolute atomic E-state index is 0.00761. The zero-order chi connectivity index (χ0) is 21.7. The number of nitrogens with one attached hydrogen (secondary N) is 1. The predicted molar refractivity (Wildman–Crippen MR) is 124 cm³/mol. The highest BCUT2D eigenvalue weighted by atomic mass is 16.5. The van der Waals surface area contributed by atoms with Gasteiger partial charge in [0.2, 0.25) is 5.91 Å². The van der Waals surface area contributed by atoms with Crippen LogP contribution in [0.4, 0.5) is 0 Å². The molecule has 1 fully saturated rings. The van der Waals surface area contributed by atoms with Crippen LogP contribution in [-0.4, -0.2) is 40.5 Å². The molecule has 4 aromatic rings. The van der Waals surface area contributed by atoms with Crippen molar-refractivity contribution in [2.24, 2.45) is 0 Å². The molecule has 1 aromatic heterocycles. The lowest BCUT2D eigenvalue weighted by Gasteiger charge is -2.36. The number of aromatic amines is 1. The van der Waals surface area contributed by atoms with Crippen molar-refractivity contribution in [1.82, 2.24) is 14.8 Å². The molecule has 0 bridgehead atoms. The summed E-state index contributed by atoms with van der Waals surface area (Å²) in [6.07, 6.45) is 0.732. The third-order valence-electron chi connectivity index (χ3n) is 6.83. The van der Waals surface area contributed by atoms with E-state index < -0.39 is 0 Å². The van der Waals surface area contributed by atoms with Crippen molar-refractivity contribution in [2.45, 2.75) is 25.0 Å². The Morgan fingerprint density at radius 1 is 0.969 bits per heavy atom. The van der Waals surface area contributed by atoms with Gasteiger partial charge < -0.3 is 14.6 Å². The lowest BCUT2D eigenvalue weighted by Crippen LogP contribution is -2.42. The topological polar surface area (TPSA) is 48.6 Å². The highest BCUT2D eigenvalue weighted by molar-refractivity contribution is 5.89. The molecule has 5 heteroatoms. The van der Waals surface area contributed by atoms with Crippen LogP contribution in [0.25, 0.3) is 10.9 Å². The lowest BCUT2D eigenvalue weighted by atomic mass is 9.89. The number of ether oxygens (including phenoxy) is 1. The van der Waals surface area contributed by atoms with Gasteiger partial charge in [0.25, 0.3) is 0 Å². The Kier molecular flexibility index (Phi) is 4.51. The van der Waals surface area contributed by atoms with Gasteiger partial charge in [-0.3, -0.25) is 9.69 Å². The summed E-state index contributed by atoms with van der Waals surface area (Å²) in [4.78, 5) is 21.6. The maximum Gasteiger partial charge on any atom is 0.241 e. The van der Waals surface area contributed by atoms with Gasteiger partial charge >= 0.3 is 0 Å². The monoisotopic (exact) mass is 423 g/mol. The highest BCUT2D eigenvalue weighted by Gasteiger charge is 2.47. The zero-order valence-corrected chi connectivity index (χ0v) is 18.0. The number of fused-ring (bicyclic) bond motifs is 4. The van der Waals surface area contributed by atoms with Crippen molar-refractivity contribution in [3.8, 4) is 5.75 Å². The number of hydrogen-bond donors (Lipinski definition) is 1. The summed E-state index contributed by atoms with van der Waals surface area (Å²) in [5.74, 6) is 1.05. The van der Waals surface area contributed by atoms with Crippen molar-refractivity contribution >= 4 is 16.8 Å². The molecule has 0 saturated carbocycles. The first kappa shape index (κ1) is 19.1. The number of aromatic nitrogens is 1. The Morgan fingerprint density at radius 3 is 2.50 bits per heavy atom. The van der Waals surface area contributed by atoms with Crippen molar-refractivity contribution in [2.75, 3.05) is 13.8 Å². The summed E-state index contributed by atoms with van der Waals surface area (Å²) in [5.41, 5.74) is 5.91. The molecule has 0 spiro atoms. The summed E-state index contributed by atoms with van der Waals surface area (Å²) in [6.45, 7) is 1.25. The molecule has 0 radical (unpaired) electrons. The second kappa shape index (κ2) is 7.53. The van der Waals surface area contributed by atoms with Crippen LogP contribution >= 0.6 is 0 Å². The smallest absolute Gasteiger partial charge is 0.241 e. The molecule has 2 aliphatic heterocycles. The van der Waals surface area contributed by atoms with Crippen LogP contribution in [-0.2, 0) is 17.8 Å². The molecular weight excluding hydrogens is 398 g/mol. The van der Waals surface area contributed by atoms with Gasteiger partial charge in [-0.25, -0.2) is 0 Å². The molecule has 0 unspecified atom stereocenters. The molecule has 32 heavy (non-hydrogen) atoms. The number of benzene rings is 3. The summed E-state index contributed by atoms with van der Waals surface area (Å²) in [6, 6.07) is 26.7. The van der Waals surface area contributed by atoms with E-state index in [9.17, 15) is 4.79 Å². The Hall–Kier alpha value is -3.57. The molecule has 0 aliphatic carbocycles. The first-order chi connectivity index (χ1) is 15.7. The van der Waals surface area contributed by atoms with Crippen LogP contribution in [0.15, 0.2) is 78.9 Å². The molecule has 1 amide bonds. The highest BCUT2D eigenvalue weighted by Crippen LogP contribution is 2.43. The Labute approximate surface area is 187 Å². The summed E-state index contributed by atoms with van der Waals surface area (Å²) in [7, 11) is 1.68. The molecule has 2 aliphatic rings. The quantitative estimate of drug-likeness (QED) is 0.526. The standard InChI is InChI=1S/C27H25N3O2/c1-32-20-13-11-19(12-14-20)26-25-22(21-9-5-6-10-23(21)28-25)15-24-27(31)29(17-30(24)26)16-18-7-3-2-4-8-18/h2-14,24,26,28H,15-17H2,1H3/t24-,26+/m1/s1. The number of amides is 1. The molecule has 1 saturated heterocycles. The van der Waals surface area contributed by atoms with Crippen LogP contribution in [0.2, 0.25) is 0 Å². The molecule has 1 N–H and O–H groups in total. The van der Waals surface area contributed by atoms with Crippen LogP contribution in [0.1, 0.15) is 28.4 Å². The van der Waals surface area contributed by atoms with E-state index in [1.54, 1.807) is 7.11 Å². The van der Waals surface area contributed by atoms with Gasteiger partial charge in [0.05, 0.1) is 25.9 Å². The van der Waals surface area contributed by atoms with E-state index in [1.807, 2.05) is 35.2 Å². The van der Waals surface area contributed by atoms with E-state index in [-0.39, 0.29) is 18.0 Å². The fraction of sp³-hybridized carbons (Fsp3) is 0.222. The van der Waals surface area contributed by atoms with E-state index in [2.05, 4.69) is 58.4 Å². The Morgan fingerprint density at radius 2 is 1.72 bits per heavy atom. The summed E-state index contributed by atoms with van der Waals surface area (Å²) >= 11 is 0. The van der Waals surface area contributed by atoms with Crippen molar-refractivity contribution in [3.05, 3.63) is 101 Å². The Balaban J connectivity index is 1.43. The van der Waals surface area contributed by atoms with Gasteiger partial charge in [-0.05, 0) is 41.3 Å². The molecule has 2 atom stereocenters. The second-order valence-corrected chi connectivity index (χ2v) is 8.64. The van der Waals surface area contributed by atoms with Crippen molar-refractivity contribution in [1.29, 1.82) is 0 Å². The Bertz CT molecular complexity index is 1280. The van der Waals surface area contributed by atoms with E-state index in [0.717, 1.165) is 28.8 Å². The normalized spacial score (nSPS) is 20.4. The molecule has 3 heterocycles. The fourth-order valence-corrected chi connectivity index (χ4v) is 5.29. The van der Waals surface area contributed by atoms with Crippen LogP contribution in [0.3, 0.4) is 0 Å². The molecule has 160 valence electrons. The molecular formula is C27H25N3O2. The fourth-order valence-electron chi connectivity index (χ4n) is 5.29. The average Bonchev–Trinajstić information content (AvgIpc) is 3.36. The predicted octanol–water partition coefficient (Wildman–Crippen LogP) is 4.49. The van der Waals surface area contributed by atoms with Crippen molar-refractivity contribution < 1.29 is 9.53 Å². The first-order valence-electron chi connectivity index (χ1n) is 11.0. The molecule has 5 nitrogen and oxygen atoms in total. The van der Waals surface area contributed by atoms with E-state index >= 15 is 0 Å². The summed E-state index contributed by atoms with van der Waals surface area (Å²) in [5, 5.41) is 1.22. The number of nitrogens with zero attached hydrogens (tertiary/aromatic N) is 2. The largest absolute Gasteiger partial charge is 0.497 e. The third kappa shape index (κ3) is 3.00. The molecule has 3 aromatic carbocycles. The van der Waals surface area contributed by atoms with Crippen molar-refractivity contribution in [3.63, 3.8) is 0 Å². The number of H-pyrrole nitrogens is 1. The van der Waals surface area contributed by atoms with Gasteiger partial charge in [-0.1, -0.05) is 60.7 Å². The summed E-state index contributed by atoms with van der Waals surface area (Å²) < 4.78 is 5.38. The van der Waals surface area contributed by atoms with Gasteiger partial charge in [-0.15, -0.1) is 0 Å². The number of carbonyl (C=O) groups is 1. The maximum absolute atomic E-state index is 13.5. The number of methoxy groups -OCH3 is 1. The average molecular weight is 424 g/mol. The zero-order valence-electron chi connectivity index (χ0n) is 18.0. The number of rotatable bonds is 4. The van der Waals surface area contributed by atoms with Crippen LogP contribution < -0.4 is 4.74 Å². The number of hydrogen-bond acceptors (Lipinski definition) is 3. The van der Waals surface area contributed by atoms with Gasteiger partial charge in [0.1, 0.15) is 5.75 Å². The van der Waals surface area contributed by atoms with Gasteiger partial charge in [-0.2, -0.15) is 0 Å². The van der Waals surface area contributed by atoms with Crippen LogP contribution in [0, 0.1) is 0 Å². The minimum Gasteiger partial charge on any atom is -0.497 e. The first-order valence-corrected chi connectivity index (χ1v) is 11.0. The lowest BCUT2D eigenvalue weighted by molar-refractivity contribution is -0.129. The van der Waals surface area contributed by atoms with Gasteiger partial charge in [0, 0.05) is 23.1 Å². The van der Waals surface area contributed by atoms with E-state index in [1.165, 1.54) is 16.6 Å². The van der Waals surface area contributed by atoms with E-state index in [4.69, 9.17) is 4.74 Å². The minimum atomic E-state index is -0.155. The second-order valence-electron chi connectivity index (χ2n) is 8.64. The molecule has 6 rings (SSSR count). The maximum atomic E-state index is 13.5. The van der Waals surface area contributed by atoms with E-state index in [0.29, 0.717) is 13.2 Å². The number of para-hydroxylation sites is 1. The SMILES string of the molecule is COc1ccc([C@H]2c3[nH]c4ccccc4c3C[C@@H]3C(=O)N(Cc4ccccc4)CN23)cc1. The third-order valence-corrected chi connectivity index (χ3v) is 6.83. The van der Waals surface area contributed by atoms with Gasteiger partial charge in [0.15, 0.2) is 0 Å². The number of carbonyl (C=O) groups excluding carboxylic acids is 1. The van der Waals surface area contributed by atoms with Crippen LogP contribution in [0.5, 0.6) is 5.75 Å².